The molecular formula is C25H29F2N3O5. The zero-order valence-electron chi connectivity index (χ0n) is 19.3. The predicted molar refractivity (Wildman–Crippen MR) is 123 cm³/mol. The summed E-state index contributed by atoms with van der Waals surface area (Å²) in [4.78, 5) is 39.0. The molecular weight excluding hydrogens is 460 g/mol. The monoisotopic (exact) mass is 489 g/mol. The number of aliphatic carboxylic acids is 1. The Balaban J connectivity index is 1.42. The molecule has 35 heavy (non-hydrogen) atoms. The molecule has 8 nitrogen and oxygen atoms in total. The SMILES string of the molecule is O=C(O)CCNC(=O)NC1CCC(CCCC(=O)c2cc(F)cnc2Oc2ccc(F)cc2)CC1. The summed E-state index contributed by atoms with van der Waals surface area (Å²) in [5, 5.41) is 14.0. The molecule has 1 saturated carbocycles. The Morgan fingerprint density at radius 2 is 1.74 bits per heavy atom. The Morgan fingerprint density at radius 3 is 2.43 bits per heavy atom. The number of benzene rings is 1. The van der Waals surface area contributed by atoms with Crippen LogP contribution in [0.25, 0.3) is 0 Å². The van der Waals surface area contributed by atoms with E-state index in [-0.39, 0.29) is 48.7 Å². The van der Waals surface area contributed by atoms with Crippen LogP contribution in [0.3, 0.4) is 0 Å². The first-order chi connectivity index (χ1) is 16.8. The number of ketones is 1. The van der Waals surface area contributed by atoms with E-state index in [2.05, 4.69) is 15.6 Å². The van der Waals surface area contributed by atoms with Gasteiger partial charge in [0.05, 0.1) is 18.2 Å². The zero-order chi connectivity index (χ0) is 25.2. The Morgan fingerprint density at radius 1 is 1.03 bits per heavy atom. The highest BCUT2D eigenvalue weighted by molar-refractivity contribution is 5.98. The van der Waals surface area contributed by atoms with Gasteiger partial charge in [-0.05, 0) is 68.4 Å². The average Bonchev–Trinajstić information content (AvgIpc) is 2.82. The number of halogens is 2. The molecule has 0 atom stereocenters. The fourth-order valence-corrected chi connectivity index (χ4v) is 4.12. The van der Waals surface area contributed by atoms with Gasteiger partial charge in [-0.25, -0.2) is 18.6 Å². The van der Waals surface area contributed by atoms with Crippen LogP contribution in [0.5, 0.6) is 11.6 Å². The number of carboxylic acid groups (broad SMARTS) is 1. The van der Waals surface area contributed by atoms with E-state index in [4.69, 9.17) is 9.84 Å². The van der Waals surface area contributed by atoms with Gasteiger partial charge >= 0.3 is 12.0 Å². The van der Waals surface area contributed by atoms with Gasteiger partial charge in [0.25, 0.3) is 0 Å². The van der Waals surface area contributed by atoms with E-state index in [9.17, 15) is 23.2 Å². The molecule has 10 heteroatoms. The molecule has 3 N–H and O–H groups in total. The second-order valence-electron chi connectivity index (χ2n) is 8.64. The van der Waals surface area contributed by atoms with Crippen molar-refractivity contribution >= 4 is 17.8 Å². The summed E-state index contributed by atoms with van der Waals surface area (Å²) < 4.78 is 32.5. The molecule has 188 valence electrons. The highest BCUT2D eigenvalue weighted by Gasteiger charge is 2.23. The third-order valence-corrected chi connectivity index (χ3v) is 5.97. The topological polar surface area (TPSA) is 118 Å². The van der Waals surface area contributed by atoms with E-state index in [1.807, 2.05) is 0 Å². The Hall–Kier alpha value is -3.56. The largest absolute Gasteiger partial charge is 0.481 e. The van der Waals surface area contributed by atoms with Crippen LogP contribution in [-0.2, 0) is 4.79 Å². The fraction of sp³-hybridized carbons (Fsp3) is 0.440. The lowest BCUT2D eigenvalue weighted by Crippen LogP contribution is -2.44. The van der Waals surface area contributed by atoms with E-state index in [0.717, 1.165) is 44.4 Å². The minimum Gasteiger partial charge on any atom is -0.481 e. The van der Waals surface area contributed by atoms with Crippen LogP contribution in [0.4, 0.5) is 13.6 Å². The maximum atomic E-state index is 13.8. The number of carboxylic acids is 1. The molecule has 3 rings (SSSR count). The molecule has 0 radical (unpaired) electrons. The number of carbonyl (C=O) groups excluding carboxylic acids is 2. The van der Waals surface area contributed by atoms with Gasteiger partial charge in [0.2, 0.25) is 5.88 Å². The van der Waals surface area contributed by atoms with Crippen LogP contribution in [0, 0.1) is 17.6 Å². The fourth-order valence-electron chi connectivity index (χ4n) is 4.12. The summed E-state index contributed by atoms with van der Waals surface area (Å²) in [6.07, 6.45) is 5.98. The first-order valence-corrected chi connectivity index (χ1v) is 11.7. The summed E-state index contributed by atoms with van der Waals surface area (Å²) in [6.45, 7) is 0.0853. The molecule has 1 heterocycles. The van der Waals surface area contributed by atoms with Crippen LogP contribution >= 0.6 is 0 Å². The first-order valence-electron chi connectivity index (χ1n) is 11.7. The number of nitrogens with zero attached hydrogens (tertiary/aromatic N) is 1. The van der Waals surface area contributed by atoms with Gasteiger partial charge in [0.1, 0.15) is 17.4 Å². The van der Waals surface area contributed by atoms with E-state index >= 15 is 0 Å². The number of nitrogens with one attached hydrogen (secondary N) is 2. The number of hydrogen-bond donors (Lipinski definition) is 3. The third-order valence-electron chi connectivity index (χ3n) is 5.97. The number of Topliss-reactive ketones (excluding diaryl/α,β-unsaturated/α-hetero) is 1. The molecule has 1 aromatic heterocycles. The number of amides is 2. The van der Waals surface area contributed by atoms with Gasteiger partial charge in [-0.15, -0.1) is 0 Å². The molecule has 0 aliphatic heterocycles. The molecule has 1 aromatic carbocycles. The zero-order valence-corrected chi connectivity index (χ0v) is 19.3. The van der Waals surface area contributed by atoms with Gasteiger partial charge in [-0.3, -0.25) is 9.59 Å². The van der Waals surface area contributed by atoms with Gasteiger partial charge in [0, 0.05) is 19.0 Å². The van der Waals surface area contributed by atoms with Gasteiger partial charge < -0.3 is 20.5 Å². The van der Waals surface area contributed by atoms with Gasteiger partial charge in [-0.1, -0.05) is 6.42 Å². The third kappa shape index (κ3) is 8.62. The lowest BCUT2D eigenvalue weighted by atomic mass is 9.83. The molecule has 0 spiro atoms. The van der Waals surface area contributed by atoms with E-state index in [0.29, 0.717) is 18.1 Å². The normalized spacial score (nSPS) is 17.4. The Bertz CT molecular complexity index is 1020. The van der Waals surface area contributed by atoms with E-state index < -0.39 is 17.6 Å². The van der Waals surface area contributed by atoms with Crippen molar-refractivity contribution in [3.63, 3.8) is 0 Å². The smallest absolute Gasteiger partial charge is 0.315 e. The summed E-state index contributed by atoms with van der Waals surface area (Å²) in [5.41, 5.74) is 0.0520. The maximum absolute atomic E-state index is 13.8. The molecule has 1 aliphatic carbocycles. The number of ether oxygens (including phenoxy) is 1. The molecule has 0 saturated heterocycles. The number of carbonyl (C=O) groups is 3. The number of hydrogen-bond acceptors (Lipinski definition) is 5. The first kappa shape index (κ1) is 26.1. The van der Waals surface area contributed by atoms with Crippen molar-refractivity contribution in [3.05, 3.63) is 53.7 Å². The molecule has 1 fully saturated rings. The highest BCUT2D eigenvalue weighted by atomic mass is 19.1. The Labute approximate surface area is 202 Å². The van der Waals surface area contributed by atoms with Crippen molar-refractivity contribution in [2.45, 2.75) is 57.4 Å². The highest BCUT2D eigenvalue weighted by Crippen LogP contribution is 2.30. The summed E-state index contributed by atoms with van der Waals surface area (Å²) in [5.74, 6) is -1.60. The standard InChI is InChI=1S/C25H29F2N3O5/c26-17-6-10-20(11-7-17)35-24-21(14-18(27)15-29-24)22(31)3-1-2-16-4-8-19(9-5-16)30-25(34)28-13-12-23(32)33/h6-7,10-11,14-16,19H,1-5,8-9,12-13H2,(H,32,33)(H2,28,30,34). The molecule has 0 bridgehead atoms. The van der Waals surface area contributed by atoms with Crippen LogP contribution in [-0.4, -0.2) is 40.5 Å². The van der Waals surface area contributed by atoms with Crippen LogP contribution in [0.1, 0.15) is 61.7 Å². The van der Waals surface area contributed by atoms with Crippen molar-refractivity contribution in [3.8, 4) is 11.6 Å². The minimum absolute atomic E-state index is 0.0174. The number of urea groups is 1. The second kappa shape index (κ2) is 12.8. The van der Waals surface area contributed by atoms with Crippen molar-refractivity contribution in [1.29, 1.82) is 0 Å². The predicted octanol–water partition coefficient (Wildman–Crippen LogP) is 4.84. The summed E-state index contributed by atoms with van der Waals surface area (Å²) in [7, 11) is 0. The second-order valence-corrected chi connectivity index (χ2v) is 8.64. The molecule has 2 aromatic rings. The van der Waals surface area contributed by atoms with Crippen molar-refractivity contribution in [1.82, 2.24) is 15.6 Å². The van der Waals surface area contributed by atoms with Gasteiger partial charge in [-0.2, -0.15) is 0 Å². The summed E-state index contributed by atoms with van der Waals surface area (Å²) >= 11 is 0. The van der Waals surface area contributed by atoms with Crippen LogP contribution < -0.4 is 15.4 Å². The molecule has 0 unspecified atom stereocenters. The van der Waals surface area contributed by atoms with Crippen LogP contribution in [0.15, 0.2) is 36.5 Å². The lowest BCUT2D eigenvalue weighted by Gasteiger charge is -2.29. The number of pyridine rings is 1. The maximum Gasteiger partial charge on any atom is 0.315 e. The van der Waals surface area contributed by atoms with Crippen molar-refractivity contribution in [2.75, 3.05) is 6.54 Å². The Kier molecular flexibility index (Phi) is 9.51. The average molecular weight is 490 g/mol. The van der Waals surface area contributed by atoms with Crippen molar-refractivity contribution < 1.29 is 33.0 Å². The van der Waals surface area contributed by atoms with E-state index in [1.165, 1.54) is 24.3 Å². The lowest BCUT2D eigenvalue weighted by molar-refractivity contribution is -0.136. The van der Waals surface area contributed by atoms with Crippen molar-refractivity contribution in [2.24, 2.45) is 5.92 Å². The molecule has 2 amide bonds. The molecule has 1 aliphatic rings. The minimum atomic E-state index is -0.963. The number of aromatic nitrogens is 1. The van der Waals surface area contributed by atoms with Crippen LogP contribution in [0.2, 0.25) is 0 Å². The number of rotatable bonds is 11. The quantitative estimate of drug-likeness (QED) is 0.389. The summed E-state index contributed by atoms with van der Waals surface area (Å²) in [6, 6.07) is 6.03. The van der Waals surface area contributed by atoms with Gasteiger partial charge in [0.15, 0.2) is 5.78 Å². The van der Waals surface area contributed by atoms with E-state index in [1.54, 1.807) is 0 Å².